The Morgan fingerprint density at radius 3 is 2.29 bits per heavy atom. The van der Waals surface area contributed by atoms with E-state index in [0.29, 0.717) is 18.0 Å². The normalized spacial score (nSPS) is 11.0. The van der Waals surface area contributed by atoms with E-state index in [0.717, 1.165) is 34.7 Å². The minimum atomic E-state index is -0.0298. The molecule has 0 fully saturated rings. The van der Waals surface area contributed by atoms with Crippen LogP contribution in [0.25, 0.3) is 12.2 Å². The van der Waals surface area contributed by atoms with Gasteiger partial charge in [0.2, 0.25) is 0 Å². The third-order valence-electron chi connectivity index (χ3n) is 4.91. The van der Waals surface area contributed by atoms with Gasteiger partial charge >= 0.3 is 0 Å². The predicted molar refractivity (Wildman–Crippen MR) is 130 cm³/mol. The van der Waals surface area contributed by atoms with Crippen molar-refractivity contribution in [2.45, 2.75) is 20.3 Å². The molecule has 4 heteroatoms. The molecule has 0 unspecified atom stereocenters. The SMILES string of the molecule is COc1ccc(/C=C/c2cccc(Nc3ccc(C(=O)NCCC(C)C)cc3)c2)cc1. The van der Waals surface area contributed by atoms with Crippen LogP contribution in [0.2, 0.25) is 0 Å². The van der Waals surface area contributed by atoms with E-state index in [4.69, 9.17) is 4.74 Å². The van der Waals surface area contributed by atoms with Crippen LogP contribution in [0.5, 0.6) is 5.75 Å². The fraction of sp³-hybridized carbons (Fsp3) is 0.222. The number of benzene rings is 3. The molecule has 4 nitrogen and oxygen atoms in total. The van der Waals surface area contributed by atoms with E-state index in [9.17, 15) is 4.79 Å². The Balaban J connectivity index is 1.60. The van der Waals surface area contributed by atoms with Gasteiger partial charge in [0.05, 0.1) is 7.11 Å². The highest BCUT2D eigenvalue weighted by Gasteiger charge is 2.05. The predicted octanol–water partition coefficient (Wildman–Crippen LogP) is 6.39. The number of hydrogen-bond donors (Lipinski definition) is 2. The number of carbonyl (C=O) groups excluding carboxylic acids is 1. The molecule has 3 rings (SSSR count). The number of hydrogen-bond acceptors (Lipinski definition) is 3. The second-order valence-corrected chi connectivity index (χ2v) is 7.87. The average Bonchev–Trinajstić information content (AvgIpc) is 2.78. The average molecular weight is 415 g/mol. The number of methoxy groups -OCH3 is 1. The molecule has 31 heavy (non-hydrogen) atoms. The zero-order valence-electron chi connectivity index (χ0n) is 18.4. The first-order valence-corrected chi connectivity index (χ1v) is 10.6. The fourth-order valence-corrected chi connectivity index (χ4v) is 3.08. The third-order valence-corrected chi connectivity index (χ3v) is 4.91. The molecule has 0 atom stereocenters. The summed E-state index contributed by atoms with van der Waals surface area (Å²) >= 11 is 0. The van der Waals surface area contributed by atoms with E-state index in [-0.39, 0.29) is 5.91 Å². The van der Waals surface area contributed by atoms with E-state index in [1.54, 1.807) is 7.11 Å². The monoisotopic (exact) mass is 414 g/mol. The zero-order valence-corrected chi connectivity index (χ0v) is 18.4. The van der Waals surface area contributed by atoms with Crippen molar-refractivity contribution in [3.8, 4) is 5.75 Å². The first-order valence-electron chi connectivity index (χ1n) is 10.6. The second kappa shape index (κ2) is 11.0. The summed E-state index contributed by atoms with van der Waals surface area (Å²) in [6.45, 7) is 5.00. The van der Waals surface area contributed by atoms with Crippen LogP contribution >= 0.6 is 0 Å². The van der Waals surface area contributed by atoms with Gasteiger partial charge in [-0.1, -0.05) is 50.3 Å². The molecular formula is C27H30N2O2. The number of rotatable bonds is 9. The Morgan fingerprint density at radius 2 is 1.61 bits per heavy atom. The maximum Gasteiger partial charge on any atom is 0.251 e. The van der Waals surface area contributed by atoms with E-state index < -0.39 is 0 Å². The molecule has 0 spiro atoms. The first kappa shape index (κ1) is 22.2. The molecule has 0 aromatic heterocycles. The van der Waals surface area contributed by atoms with Crippen LogP contribution in [-0.4, -0.2) is 19.6 Å². The highest BCUT2D eigenvalue weighted by molar-refractivity contribution is 5.94. The zero-order chi connectivity index (χ0) is 22.1. The van der Waals surface area contributed by atoms with Crippen LogP contribution in [0, 0.1) is 5.92 Å². The molecule has 1 amide bonds. The van der Waals surface area contributed by atoms with Crippen molar-refractivity contribution >= 4 is 29.4 Å². The molecule has 0 aliphatic carbocycles. The number of carbonyl (C=O) groups is 1. The summed E-state index contributed by atoms with van der Waals surface area (Å²) in [5, 5.41) is 6.37. The number of nitrogens with one attached hydrogen (secondary N) is 2. The van der Waals surface area contributed by atoms with Crippen molar-refractivity contribution in [1.82, 2.24) is 5.32 Å². The van der Waals surface area contributed by atoms with E-state index in [2.05, 4.69) is 48.8 Å². The van der Waals surface area contributed by atoms with Crippen LogP contribution in [0.1, 0.15) is 41.8 Å². The highest BCUT2D eigenvalue weighted by Crippen LogP contribution is 2.20. The standard InChI is InChI=1S/C27H30N2O2/c1-20(2)17-18-28-27(30)23-11-13-24(14-12-23)29-25-6-4-5-22(19-25)8-7-21-9-15-26(31-3)16-10-21/h4-16,19-20,29H,17-18H2,1-3H3,(H,28,30)/b8-7+. The van der Waals surface area contributed by atoms with Crippen LogP contribution in [0.15, 0.2) is 72.8 Å². The minimum Gasteiger partial charge on any atom is -0.497 e. The summed E-state index contributed by atoms with van der Waals surface area (Å²) in [6.07, 6.45) is 5.14. The van der Waals surface area contributed by atoms with Gasteiger partial charge in [0.25, 0.3) is 5.91 Å². The van der Waals surface area contributed by atoms with E-state index in [1.807, 2.05) is 60.7 Å². The Kier molecular flexibility index (Phi) is 7.88. The van der Waals surface area contributed by atoms with Crippen molar-refractivity contribution in [2.75, 3.05) is 19.0 Å². The molecular weight excluding hydrogens is 384 g/mol. The second-order valence-electron chi connectivity index (χ2n) is 7.87. The molecule has 0 aliphatic rings. The number of amides is 1. The lowest BCUT2D eigenvalue weighted by Gasteiger charge is -2.10. The lowest BCUT2D eigenvalue weighted by Crippen LogP contribution is -2.25. The van der Waals surface area contributed by atoms with Gasteiger partial charge in [-0.05, 0) is 72.0 Å². The van der Waals surface area contributed by atoms with Crippen molar-refractivity contribution in [2.24, 2.45) is 5.92 Å². The van der Waals surface area contributed by atoms with Gasteiger partial charge in [0.1, 0.15) is 5.75 Å². The van der Waals surface area contributed by atoms with Gasteiger partial charge in [-0.2, -0.15) is 0 Å². The Hall–Kier alpha value is -3.53. The van der Waals surface area contributed by atoms with Crippen molar-refractivity contribution < 1.29 is 9.53 Å². The smallest absolute Gasteiger partial charge is 0.251 e. The van der Waals surface area contributed by atoms with Gasteiger partial charge in [0.15, 0.2) is 0 Å². The molecule has 0 aliphatic heterocycles. The topological polar surface area (TPSA) is 50.4 Å². The van der Waals surface area contributed by atoms with Crippen LogP contribution in [0.3, 0.4) is 0 Å². The fourth-order valence-electron chi connectivity index (χ4n) is 3.08. The van der Waals surface area contributed by atoms with Crippen LogP contribution in [-0.2, 0) is 0 Å². The molecule has 160 valence electrons. The van der Waals surface area contributed by atoms with Gasteiger partial charge in [-0.3, -0.25) is 4.79 Å². The van der Waals surface area contributed by atoms with Crippen LogP contribution < -0.4 is 15.4 Å². The van der Waals surface area contributed by atoms with Crippen molar-refractivity contribution in [1.29, 1.82) is 0 Å². The molecule has 2 N–H and O–H groups in total. The van der Waals surface area contributed by atoms with E-state index >= 15 is 0 Å². The Morgan fingerprint density at radius 1 is 0.903 bits per heavy atom. The summed E-state index contributed by atoms with van der Waals surface area (Å²) in [5.74, 6) is 1.40. The maximum absolute atomic E-state index is 12.2. The quantitative estimate of drug-likeness (QED) is 0.399. The summed E-state index contributed by atoms with van der Waals surface area (Å²) in [4.78, 5) is 12.2. The van der Waals surface area contributed by atoms with Gasteiger partial charge in [0, 0.05) is 23.5 Å². The summed E-state index contributed by atoms with van der Waals surface area (Å²) in [5.41, 5.74) is 4.81. The molecule has 3 aromatic carbocycles. The highest BCUT2D eigenvalue weighted by atomic mass is 16.5. The molecule has 0 bridgehead atoms. The van der Waals surface area contributed by atoms with Crippen molar-refractivity contribution in [3.05, 3.63) is 89.5 Å². The summed E-state index contributed by atoms with van der Waals surface area (Å²) in [6, 6.07) is 23.7. The van der Waals surface area contributed by atoms with Gasteiger partial charge < -0.3 is 15.4 Å². The van der Waals surface area contributed by atoms with Gasteiger partial charge in [-0.15, -0.1) is 0 Å². The molecule has 3 aromatic rings. The molecule has 0 saturated heterocycles. The Labute approximate surface area is 185 Å². The van der Waals surface area contributed by atoms with Crippen LogP contribution in [0.4, 0.5) is 11.4 Å². The number of anilines is 2. The van der Waals surface area contributed by atoms with Gasteiger partial charge in [-0.25, -0.2) is 0 Å². The Bertz CT molecular complexity index is 1010. The maximum atomic E-state index is 12.2. The largest absolute Gasteiger partial charge is 0.497 e. The van der Waals surface area contributed by atoms with Crippen molar-refractivity contribution in [3.63, 3.8) is 0 Å². The number of ether oxygens (including phenoxy) is 1. The lowest BCUT2D eigenvalue weighted by atomic mass is 10.1. The van der Waals surface area contributed by atoms with E-state index in [1.165, 1.54) is 0 Å². The third kappa shape index (κ3) is 7.03. The lowest BCUT2D eigenvalue weighted by molar-refractivity contribution is 0.0952. The summed E-state index contributed by atoms with van der Waals surface area (Å²) in [7, 11) is 1.67. The molecule has 0 heterocycles. The molecule has 0 radical (unpaired) electrons. The molecule has 0 saturated carbocycles. The first-order chi connectivity index (χ1) is 15.0. The minimum absolute atomic E-state index is 0.0298. The summed E-state index contributed by atoms with van der Waals surface area (Å²) < 4.78 is 5.20.